The van der Waals surface area contributed by atoms with Gasteiger partial charge in [-0.05, 0) is 29.1 Å². The minimum atomic E-state index is -0.402. The summed E-state index contributed by atoms with van der Waals surface area (Å²) in [5, 5.41) is 1.81. The number of piperazine rings is 1. The lowest BCUT2D eigenvalue weighted by atomic mass is 10.2. The first-order chi connectivity index (χ1) is 15.1. The van der Waals surface area contributed by atoms with Gasteiger partial charge in [0.15, 0.2) is 11.5 Å². The van der Waals surface area contributed by atoms with Gasteiger partial charge in [0.05, 0.1) is 7.11 Å². The minimum absolute atomic E-state index is 0. The number of ether oxygens (including phenoxy) is 1. The number of benzene rings is 1. The Labute approximate surface area is 210 Å². The van der Waals surface area contributed by atoms with E-state index in [0.29, 0.717) is 28.4 Å². The Bertz CT molecular complexity index is 1030. The number of carbonyl (C=O) groups is 2. The van der Waals surface area contributed by atoms with Crippen molar-refractivity contribution in [3.63, 3.8) is 0 Å². The Balaban J connectivity index is 0.00000193. The van der Waals surface area contributed by atoms with Crippen molar-refractivity contribution in [2.24, 2.45) is 0 Å². The first-order valence-corrected chi connectivity index (χ1v) is 11.3. The molecular weight excluding hydrogens is 483 g/mol. The standard InChI is InChI=1S/C24H26N2O4S.2ClH/c1-29-24(28)23-19(10-16-31-23)21-7-8-22(30-21)20(27)9-11-25-12-14-26(15-13-25)17-18-5-3-2-4-6-18;;/h2-8,10,16H,9,11-15,17H2,1H3;2*1H. The molecule has 1 fully saturated rings. The van der Waals surface area contributed by atoms with E-state index in [9.17, 15) is 9.59 Å². The average Bonchev–Trinajstić information content (AvgIpc) is 3.48. The molecule has 0 bridgehead atoms. The van der Waals surface area contributed by atoms with Gasteiger partial charge in [-0.15, -0.1) is 36.2 Å². The summed E-state index contributed by atoms with van der Waals surface area (Å²) >= 11 is 1.29. The van der Waals surface area contributed by atoms with Crippen molar-refractivity contribution in [2.45, 2.75) is 13.0 Å². The molecular formula is C24H28Cl2N2O4S. The molecule has 1 aliphatic rings. The van der Waals surface area contributed by atoms with E-state index in [-0.39, 0.29) is 30.6 Å². The summed E-state index contributed by atoms with van der Waals surface area (Å²) in [5.41, 5.74) is 1.99. The lowest BCUT2D eigenvalue weighted by Crippen LogP contribution is -2.46. The van der Waals surface area contributed by atoms with E-state index >= 15 is 0 Å². The van der Waals surface area contributed by atoms with Crippen LogP contribution in [0.3, 0.4) is 0 Å². The molecule has 0 radical (unpaired) electrons. The summed E-state index contributed by atoms with van der Waals surface area (Å²) in [6.07, 6.45) is 0.416. The monoisotopic (exact) mass is 510 g/mol. The van der Waals surface area contributed by atoms with Crippen LogP contribution in [0.25, 0.3) is 11.3 Å². The number of furan rings is 1. The van der Waals surface area contributed by atoms with Crippen LogP contribution in [0.2, 0.25) is 0 Å². The van der Waals surface area contributed by atoms with E-state index in [1.807, 2.05) is 11.4 Å². The third-order valence-corrected chi connectivity index (χ3v) is 6.45. The number of ketones is 1. The largest absolute Gasteiger partial charge is 0.465 e. The molecule has 0 atom stereocenters. The van der Waals surface area contributed by atoms with Crippen molar-refractivity contribution >= 4 is 47.9 Å². The van der Waals surface area contributed by atoms with Crippen molar-refractivity contribution in [3.8, 4) is 11.3 Å². The Kier molecular flexibility index (Phi) is 10.6. The summed E-state index contributed by atoms with van der Waals surface area (Å²) < 4.78 is 10.6. The zero-order valence-corrected chi connectivity index (χ0v) is 20.8. The van der Waals surface area contributed by atoms with Gasteiger partial charge in [-0.2, -0.15) is 0 Å². The van der Waals surface area contributed by atoms with Crippen LogP contribution in [0.15, 0.2) is 58.3 Å². The summed E-state index contributed by atoms with van der Waals surface area (Å²) in [6, 6.07) is 15.7. The van der Waals surface area contributed by atoms with E-state index in [1.54, 1.807) is 18.2 Å². The minimum Gasteiger partial charge on any atom is -0.465 e. The molecule has 0 N–H and O–H groups in total. The van der Waals surface area contributed by atoms with Crippen LogP contribution in [0.4, 0.5) is 0 Å². The van der Waals surface area contributed by atoms with Crippen LogP contribution in [0.5, 0.6) is 0 Å². The number of methoxy groups -OCH3 is 1. The van der Waals surface area contributed by atoms with Crippen LogP contribution in [0.1, 0.15) is 32.2 Å². The van der Waals surface area contributed by atoms with Crippen LogP contribution in [-0.4, -0.2) is 61.4 Å². The molecule has 9 heteroatoms. The molecule has 1 aromatic carbocycles. The number of halogens is 2. The highest BCUT2D eigenvalue weighted by molar-refractivity contribution is 7.12. The molecule has 0 amide bonds. The van der Waals surface area contributed by atoms with Gasteiger partial charge in [0.25, 0.3) is 0 Å². The van der Waals surface area contributed by atoms with Crippen molar-refractivity contribution < 1.29 is 18.7 Å². The molecule has 3 aromatic rings. The number of esters is 1. The number of hydrogen-bond acceptors (Lipinski definition) is 7. The highest BCUT2D eigenvalue weighted by Gasteiger charge is 2.21. The Morgan fingerprint density at radius 3 is 2.36 bits per heavy atom. The molecule has 0 saturated carbocycles. The van der Waals surface area contributed by atoms with Gasteiger partial charge in [-0.1, -0.05) is 30.3 Å². The van der Waals surface area contributed by atoms with Gasteiger partial charge in [0, 0.05) is 51.3 Å². The maximum Gasteiger partial charge on any atom is 0.348 e. The smallest absolute Gasteiger partial charge is 0.348 e. The normalized spacial score (nSPS) is 14.2. The molecule has 0 unspecified atom stereocenters. The first kappa shape index (κ1) is 27.1. The second-order valence-corrected chi connectivity index (χ2v) is 8.51. The highest BCUT2D eigenvalue weighted by Crippen LogP contribution is 2.30. The van der Waals surface area contributed by atoms with Gasteiger partial charge >= 0.3 is 5.97 Å². The maximum absolute atomic E-state index is 12.6. The third-order valence-electron chi connectivity index (χ3n) is 5.55. The summed E-state index contributed by atoms with van der Waals surface area (Å²) in [7, 11) is 1.35. The highest BCUT2D eigenvalue weighted by atomic mass is 35.5. The molecule has 3 heterocycles. The number of rotatable bonds is 8. The van der Waals surface area contributed by atoms with Crippen LogP contribution in [0, 0.1) is 0 Å². The molecule has 2 aromatic heterocycles. The zero-order chi connectivity index (χ0) is 21.6. The molecule has 178 valence electrons. The molecule has 6 nitrogen and oxygen atoms in total. The molecule has 1 saturated heterocycles. The second-order valence-electron chi connectivity index (χ2n) is 7.60. The Morgan fingerprint density at radius 2 is 1.67 bits per heavy atom. The SMILES string of the molecule is COC(=O)c1sccc1-c1ccc(C(=O)CCN2CCN(Cc3ccccc3)CC2)o1.Cl.Cl. The lowest BCUT2D eigenvalue weighted by Gasteiger charge is -2.34. The van der Waals surface area contributed by atoms with Crippen LogP contribution < -0.4 is 0 Å². The second kappa shape index (κ2) is 12.9. The van der Waals surface area contributed by atoms with Crippen molar-refractivity contribution in [1.29, 1.82) is 0 Å². The number of thiophene rings is 1. The fraction of sp³-hybridized carbons (Fsp3) is 0.333. The Morgan fingerprint density at radius 1 is 0.970 bits per heavy atom. The topological polar surface area (TPSA) is 63.0 Å². The van der Waals surface area contributed by atoms with E-state index in [0.717, 1.165) is 39.3 Å². The first-order valence-electron chi connectivity index (χ1n) is 10.4. The molecule has 33 heavy (non-hydrogen) atoms. The number of nitrogens with zero attached hydrogens (tertiary/aromatic N) is 2. The van der Waals surface area contributed by atoms with Crippen molar-refractivity contribution in [1.82, 2.24) is 9.80 Å². The van der Waals surface area contributed by atoms with E-state index in [2.05, 4.69) is 34.1 Å². The quantitative estimate of drug-likeness (QED) is 0.312. The molecule has 0 spiro atoms. The van der Waals surface area contributed by atoms with Crippen molar-refractivity contribution in [3.05, 3.63) is 70.1 Å². The fourth-order valence-electron chi connectivity index (χ4n) is 3.78. The third kappa shape index (κ3) is 6.91. The average molecular weight is 511 g/mol. The Hall–Kier alpha value is -2.16. The van der Waals surface area contributed by atoms with E-state index in [1.165, 1.54) is 24.0 Å². The molecule has 1 aliphatic heterocycles. The summed E-state index contributed by atoms with van der Waals surface area (Å²) in [6.45, 7) is 5.62. The van der Waals surface area contributed by atoms with Gasteiger partial charge in [-0.3, -0.25) is 9.69 Å². The predicted octanol–water partition coefficient (Wildman–Crippen LogP) is 5.03. The van der Waals surface area contributed by atoms with Crippen LogP contribution >= 0.6 is 36.2 Å². The number of hydrogen-bond donors (Lipinski definition) is 0. The van der Waals surface area contributed by atoms with Crippen LogP contribution in [-0.2, 0) is 11.3 Å². The maximum atomic E-state index is 12.6. The molecule has 4 rings (SSSR count). The number of Topliss-reactive ketones (excluding diaryl/α,β-unsaturated/α-hetero) is 1. The fourth-order valence-corrected chi connectivity index (χ4v) is 4.60. The van der Waals surface area contributed by atoms with Gasteiger partial charge < -0.3 is 14.1 Å². The van der Waals surface area contributed by atoms with E-state index in [4.69, 9.17) is 9.15 Å². The summed E-state index contributed by atoms with van der Waals surface area (Å²) in [5.74, 6) is 0.424. The van der Waals surface area contributed by atoms with Gasteiger partial charge in [0.2, 0.25) is 0 Å². The number of carbonyl (C=O) groups excluding carboxylic acids is 2. The van der Waals surface area contributed by atoms with Gasteiger partial charge in [-0.25, -0.2) is 4.79 Å². The van der Waals surface area contributed by atoms with Crippen molar-refractivity contribution in [2.75, 3.05) is 39.8 Å². The zero-order valence-electron chi connectivity index (χ0n) is 18.4. The van der Waals surface area contributed by atoms with E-state index < -0.39 is 5.97 Å². The lowest BCUT2D eigenvalue weighted by molar-refractivity contribution is 0.0607. The molecule has 0 aliphatic carbocycles. The van der Waals surface area contributed by atoms with Gasteiger partial charge in [0.1, 0.15) is 10.6 Å². The summed E-state index contributed by atoms with van der Waals surface area (Å²) in [4.78, 5) is 29.8. The predicted molar refractivity (Wildman–Crippen MR) is 135 cm³/mol.